The Balaban J connectivity index is 2.37. The Morgan fingerprint density at radius 3 is 2.94 bits per heavy atom. The quantitative estimate of drug-likeness (QED) is 0.865. The van der Waals surface area contributed by atoms with Gasteiger partial charge in [0.05, 0.1) is 4.47 Å². The number of H-pyrrole nitrogens is 1. The SMILES string of the molecule is Cn1cc(Oc2[nH]nnc2C(=O)O)cc(Br)c1=O. The van der Waals surface area contributed by atoms with Gasteiger partial charge in [-0.05, 0) is 15.9 Å². The number of nitrogens with zero attached hydrogens (tertiary/aromatic N) is 3. The van der Waals surface area contributed by atoms with Crippen molar-refractivity contribution in [2.24, 2.45) is 7.05 Å². The van der Waals surface area contributed by atoms with Gasteiger partial charge in [0.15, 0.2) is 0 Å². The average Bonchev–Trinajstić information content (AvgIpc) is 2.74. The highest BCUT2D eigenvalue weighted by molar-refractivity contribution is 9.10. The lowest BCUT2D eigenvalue weighted by Gasteiger charge is -2.05. The molecule has 0 fully saturated rings. The molecule has 18 heavy (non-hydrogen) atoms. The monoisotopic (exact) mass is 314 g/mol. The number of hydrogen-bond donors (Lipinski definition) is 2. The van der Waals surface area contributed by atoms with E-state index in [4.69, 9.17) is 9.84 Å². The molecule has 0 saturated heterocycles. The third-order valence-corrected chi connectivity index (χ3v) is 2.62. The first-order chi connectivity index (χ1) is 8.49. The number of ether oxygens (including phenoxy) is 1. The number of carbonyl (C=O) groups is 1. The van der Waals surface area contributed by atoms with Crippen LogP contribution in [0.5, 0.6) is 11.6 Å². The van der Waals surface area contributed by atoms with Crippen molar-refractivity contribution < 1.29 is 14.6 Å². The first-order valence-electron chi connectivity index (χ1n) is 4.67. The van der Waals surface area contributed by atoms with Crippen molar-refractivity contribution in [3.8, 4) is 11.6 Å². The van der Waals surface area contributed by atoms with Crippen LogP contribution in [0.3, 0.4) is 0 Å². The zero-order valence-electron chi connectivity index (χ0n) is 9.05. The van der Waals surface area contributed by atoms with E-state index in [2.05, 4.69) is 31.3 Å². The zero-order valence-corrected chi connectivity index (χ0v) is 10.6. The number of halogens is 1. The Hall–Kier alpha value is -2.16. The van der Waals surface area contributed by atoms with E-state index >= 15 is 0 Å². The highest BCUT2D eigenvalue weighted by Gasteiger charge is 2.17. The summed E-state index contributed by atoms with van der Waals surface area (Å²) in [6.07, 6.45) is 1.42. The summed E-state index contributed by atoms with van der Waals surface area (Å²) in [4.78, 5) is 22.2. The van der Waals surface area contributed by atoms with Gasteiger partial charge >= 0.3 is 5.97 Å². The molecule has 0 amide bonds. The second-order valence-electron chi connectivity index (χ2n) is 3.34. The lowest BCUT2D eigenvalue weighted by molar-refractivity contribution is 0.0687. The Morgan fingerprint density at radius 1 is 1.61 bits per heavy atom. The number of carboxylic acids is 1. The van der Waals surface area contributed by atoms with Crippen molar-refractivity contribution >= 4 is 21.9 Å². The van der Waals surface area contributed by atoms with Gasteiger partial charge in [0.2, 0.25) is 5.69 Å². The number of rotatable bonds is 3. The Bertz CT molecular complexity index is 637. The maximum atomic E-state index is 11.4. The number of aromatic nitrogens is 4. The van der Waals surface area contributed by atoms with Crippen LogP contribution in [0, 0.1) is 0 Å². The van der Waals surface area contributed by atoms with Crippen molar-refractivity contribution in [3.05, 3.63) is 32.8 Å². The van der Waals surface area contributed by atoms with Crippen molar-refractivity contribution in [2.75, 3.05) is 0 Å². The molecular weight excluding hydrogens is 308 g/mol. The van der Waals surface area contributed by atoms with Crippen LogP contribution < -0.4 is 10.3 Å². The lowest BCUT2D eigenvalue weighted by Crippen LogP contribution is -2.16. The van der Waals surface area contributed by atoms with Gasteiger partial charge in [-0.1, -0.05) is 5.21 Å². The molecule has 9 heteroatoms. The normalized spacial score (nSPS) is 10.3. The summed E-state index contributed by atoms with van der Waals surface area (Å²) in [6.45, 7) is 0. The Labute approximate surface area is 108 Å². The van der Waals surface area contributed by atoms with Gasteiger partial charge in [0.1, 0.15) is 5.75 Å². The molecule has 2 N–H and O–H groups in total. The number of hydrogen-bond acceptors (Lipinski definition) is 5. The van der Waals surface area contributed by atoms with Crippen LogP contribution in [0.25, 0.3) is 0 Å². The van der Waals surface area contributed by atoms with Gasteiger partial charge in [0, 0.05) is 19.3 Å². The van der Waals surface area contributed by atoms with E-state index in [0.717, 1.165) is 0 Å². The lowest BCUT2D eigenvalue weighted by atomic mass is 10.4. The number of aromatic carboxylic acids is 1. The fourth-order valence-corrected chi connectivity index (χ4v) is 1.75. The molecule has 2 rings (SSSR count). The smallest absolute Gasteiger partial charge is 0.362 e. The molecule has 0 aliphatic carbocycles. The minimum absolute atomic E-state index is 0.104. The third-order valence-electron chi connectivity index (χ3n) is 2.05. The molecule has 2 heterocycles. The predicted molar refractivity (Wildman–Crippen MR) is 62.8 cm³/mol. The van der Waals surface area contributed by atoms with E-state index in [1.807, 2.05) is 0 Å². The van der Waals surface area contributed by atoms with Crippen molar-refractivity contribution in [3.63, 3.8) is 0 Å². The van der Waals surface area contributed by atoms with Crippen LogP contribution >= 0.6 is 15.9 Å². The van der Waals surface area contributed by atoms with Gasteiger partial charge < -0.3 is 14.4 Å². The molecule has 0 saturated carbocycles. The van der Waals surface area contributed by atoms with Crippen LogP contribution in [0.4, 0.5) is 0 Å². The topological polar surface area (TPSA) is 110 Å². The largest absolute Gasteiger partial charge is 0.476 e. The molecule has 0 aliphatic heterocycles. The van der Waals surface area contributed by atoms with E-state index < -0.39 is 5.97 Å². The third kappa shape index (κ3) is 2.25. The minimum atomic E-state index is -1.26. The molecule has 0 aliphatic rings. The molecule has 0 radical (unpaired) electrons. The number of aryl methyl sites for hydroxylation is 1. The van der Waals surface area contributed by atoms with Crippen molar-refractivity contribution in [1.82, 2.24) is 20.0 Å². The van der Waals surface area contributed by atoms with Gasteiger partial charge in [-0.25, -0.2) is 9.89 Å². The van der Waals surface area contributed by atoms with E-state index in [0.29, 0.717) is 4.47 Å². The molecule has 0 aromatic carbocycles. The maximum Gasteiger partial charge on any atom is 0.362 e. The summed E-state index contributed by atoms with van der Waals surface area (Å²) >= 11 is 3.08. The van der Waals surface area contributed by atoms with Crippen LogP contribution in [-0.4, -0.2) is 31.1 Å². The van der Waals surface area contributed by atoms with Crippen LogP contribution in [0.1, 0.15) is 10.5 Å². The van der Waals surface area contributed by atoms with E-state index in [1.165, 1.54) is 16.8 Å². The highest BCUT2D eigenvalue weighted by atomic mass is 79.9. The summed E-state index contributed by atoms with van der Waals surface area (Å²) in [5, 5.41) is 17.8. The summed E-state index contributed by atoms with van der Waals surface area (Å²) in [5.41, 5.74) is -0.566. The molecular formula is C9H7BrN4O4. The number of pyridine rings is 1. The molecule has 0 spiro atoms. The molecule has 0 atom stereocenters. The van der Waals surface area contributed by atoms with E-state index in [1.54, 1.807) is 7.05 Å². The first kappa shape index (κ1) is 12.3. The van der Waals surface area contributed by atoms with Crippen molar-refractivity contribution in [1.29, 1.82) is 0 Å². The summed E-state index contributed by atoms with van der Waals surface area (Å²) in [7, 11) is 1.54. The van der Waals surface area contributed by atoms with Crippen LogP contribution in [0.15, 0.2) is 21.5 Å². The van der Waals surface area contributed by atoms with Gasteiger partial charge in [-0.2, -0.15) is 0 Å². The summed E-state index contributed by atoms with van der Waals surface area (Å²) in [6, 6.07) is 1.43. The molecule has 0 unspecified atom stereocenters. The molecule has 2 aromatic heterocycles. The Kier molecular flexibility index (Phi) is 3.15. The predicted octanol–water partition coefficient (Wildman–Crippen LogP) is 0.756. The summed E-state index contributed by atoms with van der Waals surface area (Å²) < 4.78 is 6.87. The second kappa shape index (κ2) is 4.61. The highest BCUT2D eigenvalue weighted by Crippen LogP contribution is 2.22. The fraction of sp³-hybridized carbons (Fsp3) is 0.111. The molecule has 94 valence electrons. The van der Waals surface area contributed by atoms with Gasteiger partial charge in [-0.15, -0.1) is 5.10 Å². The molecule has 8 nitrogen and oxygen atoms in total. The van der Waals surface area contributed by atoms with E-state index in [-0.39, 0.29) is 22.9 Å². The second-order valence-corrected chi connectivity index (χ2v) is 4.19. The van der Waals surface area contributed by atoms with E-state index in [9.17, 15) is 9.59 Å². The zero-order chi connectivity index (χ0) is 13.3. The summed E-state index contributed by atoms with van der Waals surface area (Å²) in [5.74, 6) is -1.09. The minimum Gasteiger partial charge on any atom is -0.476 e. The number of nitrogens with one attached hydrogen (secondary N) is 1. The fourth-order valence-electron chi connectivity index (χ4n) is 1.25. The number of carboxylic acid groups (broad SMARTS) is 1. The first-order valence-corrected chi connectivity index (χ1v) is 5.46. The molecule has 2 aromatic rings. The maximum absolute atomic E-state index is 11.4. The molecule has 0 bridgehead atoms. The van der Waals surface area contributed by atoms with Gasteiger partial charge in [0.25, 0.3) is 11.4 Å². The average molecular weight is 315 g/mol. The van der Waals surface area contributed by atoms with Crippen LogP contribution in [-0.2, 0) is 7.05 Å². The van der Waals surface area contributed by atoms with Gasteiger partial charge in [-0.3, -0.25) is 4.79 Å². The van der Waals surface area contributed by atoms with Crippen molar-refractivity contribution in [2.45, 2.75) is 0 Å². The number of aromatic amines is 1. The standard InChI is InChI=1S/C9H7BrN4O4/c1-14-3-4(2-5(10)8(14)15)18-7-6(9(16)17)11-13-12-7/h2-3H,1H3,(H,16,17)(H,11,12,13). The van der Waals surface area contributed by atoms with Crippen LogP contribution in [0.2, 0.25) is 0 Å². The Morgan fingerprint density at radius 2 is 2.33 bits per heavy atom.